The second kappa shape index (κ2) is 8.63. The van der Waals surface area contributed by atoms with Gasteiger partial charge in [0.25, 0.3) is 5.91 Å². The lowest BCUT2D eigenvalue weighted by atomic mass is 9.65. The predicted octanol–water partition coefficient (Wildman–Crippen LogP) is 4.75. The standard InChI is InChI=1S/C26H25N5O4S/c1-3-22(32)30-10-9-26(14-30)11-16(12-26)31-17-5-4-6-18(34-2)23(17)28-25(31)29-24(33)21-8-7-20(36-21)19-13-27-15-35-19/h3-8,13,15-16H,1,9-12,14H2,2H3,(H,28,29,33). The average Bonchev–Trinajstić information content (AvgIpc) is 3.66. The maximum absolute atomic E-state index is 13.2. The van der Waals surface area contributed by atoms with Crippen LogP contribution in [-0.4, -0.2) is 51.4 Å². The summed E-state index contributed by atoms with van der Waals surface area (Å²) >= 11 is 1.33. The maximum Gasteiger partial charge on any atom is 0.268 e. The molecule has 9 nitrogen and oxygen atoms in total. The molecule has 10 heteroatoms. The molecule has 6 rings (SSSR count). The van der Waals surface area contributed by atoms with Crippen LogP contribution >= 0.6 is 11.3 Å². The topological polar surface area (TPSA) is 102 Å². The molecule has 4 heterocycles. The van der Waals surface area contributed by atoms with E-state index in [9.17, 15) is 9.59 Å². The number of aromatic nitrogens is 3. The van der Waals surface area contributed by atoms with E-state index in [1.54, 1.807) is 19.4 Å². The smallest absolute Gasteiger partial charge is 0.268 e. The zero-order valence-corrected chi connectivity index (χ0v) is 20.6. The molecule has 4 aromatic rings. The van der Waals surface area contributed by atoms with Crippen molar-refractivity contribution in [2.75, 3.05) is 25.5 Å². The fourth-order valence-corrected chi connectivity index (χ4v) is 6.37. The van der Waals surface area contributed by atoms with Crippen LogP contribution in [0.3, 0.4) is 0 Å². The highest BCUT2D eigenvalue weighted by atomic mass is 32.1. The van der Waals surface area contributed by atoms with E-state index in [1.165, 1.54) is 23.8 Å². The fraction of sp³-hybridized carbons (Fsp3) is 0.308. The normalized spacial score (nSPS) is 21.0. The molecule has 1 aromatic carbocycles. The molecular formula is C26H25N5O4S. The van der Waals surface area contributed by atoms with E-state index >= 15 is 0 Å². The lowest BCUT2D eigenvalue weighted by Crippen LogP contribution is -2.42. The number of amides is 2. The number of ether oxygens (including phenoxy) is 1. The lowest BCUT2D eigenvalue weighted by molar-refractivity contribution is -0.125. The van der Waals surface area contributed by atoms with E-state index in [2.05, 4.69) is 21.4 Å². The number of fused-ring (bicyclic) bond motifs is 1. The monoisotopic (exact) mass is 503 g/mol. The summed E-state index contributed by atoms with van der Waals surface area (Å²) in [6.07, 6.45) is 7.17. The number of anilines is 1. The first-order valence-corrected chi connectivity index (χ1v) is 12.6. The Balaban J connectivity index is 1.29. The van der Waals surface area contributed by atoms with Crippen molar-refractivity contribution in [3.8, 4) is 16.4 Å². The molecule has 184 valence electrons. The van der Waals surface area contributed by atoms with E-state index in [1.807, 2.05) is 29.2 Å². The number of nitrogens with zero attached hydrogens (tertiary/aromatic N) is 4. The molecule has 1 spiro atoms. The van der Waals surface area contributed by atoms with Crippen molar-refractivity contribution in [1.82, 2.24) is 19.4 Å². The van der Waals surface area contributed by atoms with Gasteiger partial charge in [-0.3, -0.25) is 14.9 Å². The van der Waals surface area contributed by atoms with Gasteiger partial charge in [0.1, 0.15) is 11.3 Å². The van der Waals surface area contributed by atoms with Gasteiger partial charge in [0.15, 0.2) is 12.2 Å². The third-order valence-electron chi connectivity index (χ3n) is 7.26. The van der Waals surface area contributed by atoms with Gasteiger partial charge in [-0.15, -0.1) is 11.3 Å². The molecule has 1 aliphatic heterocycles. The van der Waals surface area contributed by atoms with Gasteiger partial charge in [-0.25, -0.2) is 9.97 Å². The molecule has 1 saturated carbocycles. The Labute approximate surface area is 211 Å². The molecule has 1 aliphatic carbocycles. The van der Waals surface area contributed by atoms with E-state index in [4.69, 9.17) is 14.1 Å². The molecule has 0 radical (unpaired) electrons. The number of hydrogen-bond donors (Lipinski definition) is 1. The van der Waals surface area contributed by atoms with E-state index in [0.29, 0.717) is 27.9 Å². The minimum Gasteiger partial charge on any atom is -0.494 e. The van der Waals surface area contributed by atoms with Crippen molar-refractivity contribution in [2.24, 2.45) is 5.41 Å². The van der Waals surface area contributed by atoms with Gasteiger partial charge < -0.3 is 18.6 Å². The van der Waals surface area contributed by atoms with Crippen LogP contribution < -0.4 is 10.1 Å². The van der Waals surface area contributed by atoms with Crippen molar-refractivity contribution in [1.29, 1.82) is 0 Å². The first-order chi connectivity index (χ1) is 17.5. The van der Waals surface area contributed by atoms with Crippen LogP contribution in [0.4, 0.5) is 5.95 Å². The molecule has 3 aromatic heterocycles. The molecule has 1 saturated heterocycles. The van der Waals surface area contributed by atoms with Gasteiger partial charge in [0, 0.05) is 19.1 Å². The fourth-order valence-electron chi connectivity index (χ4n) is 5.51. The predicted molar refractivity (Wildman–Crippen MR) is 136 cm³/mol. The Morgan fingerprint density at radius 1 is 1.31 bits per heavy atom. The number of hydrogen-bond acceptors (Lipinski definition) is 7. The zero-order chi connectivity index (χ0) is 24.9. The third kappa shape index (κ3) is 3.69. The zero-order valence-electron chi connectivity index (χ0n) is 19.8. The molecule has 0 atom stereocenters. The SMILES string of the molecule is C=CC(=O)N1CCC2(CC(n3c(NC(=O)c4ccc(-c5cnco5)s4)nc4c(OC)cccc43)C2)C1. The molecule has 2 fully saturated rings. The molecule has 36 heavy (non-hydrogen) atoms. The second-order valence-electron chi connectivity index (χ2n) is 9.39. The van der Waals surface area contributed by atoms with E-state index < -0.39 is 0 Å². The van der Waals surface area contributed by atoms with Crippen molar-refractivity contribution in [2.45, 2.75) is 25.3 Å². The summed E-state index contributed by atoms with van der Waals surface area (Å²) in [7, 11) is 1.62. The quantitative estimate of drug-likeness (QED) is 0.381. The first-order valence-electron chi connectivity index (χ1n) is 11.8. The number of nitrogens with one attached hydrogen (secondary N) is 1. The number of benzene rings is 1. The number of para-hydroxylation sites is 1. The molecule has 2 amide bonds. The highest BCUT2D eigenvalue weighted by Gasteiger charge is 2.50. The molecule has 0 bridgehead atoms. The van der Waals surface area contributed by atoms with Crippen LogP contribution in [0.25, 0.3) is 21.7 Å². The Bertz CT molecular complexity index is 1460. The Hall–Kier alpha value is -3.92. The van der Waals surface area contributed by atoms with Gasteiger partial charge in [-0.05, 0) is 55.0 Å². The number of carbonyl (C=O) groups is 2. The minimum atomic E-state index is -0.237. The van der Waals surface area contributed by atoms with Crippen LogP contribution in [-0.2, 0) is 4.79 Å². The van der Waals surface area contributed by atoms with Gasteiger partial charge >= 0.3 is 0 Å². The number of thiophene rings is 1. The Morgan fingerprint density at radius 2 is 2.17 bits per heavy atom. The number of imidazole rings is 1. The second-order valence-corrected chi connectivity index (χ2v) is 10.5. The van der Waals surface area contributed by atoms with Crippen molar-refractivity contribution >= 4 is 40.1 Å². The maximum atomic E-state index is 13.2. The number of carbonyl (C=O) groups excluding carboxylic acids is 2. The van der Waals surface area contributed by atoms with Crippen LogP contribution in [0.5, 0.6) is 5.75 Å². The summed E-state index contributed by atoms with van der Waals surface area (Å²) in [5, 5.41) is 3.03. The van der Waals surface area contributed by atoms with Crippen LogP contribution in [0.2, 0.25) is 0 Å². The summed E-state index contributed by atoms with van der Waals surface area (Å²) in [6, 6.07) is 9.57. The average molecular weight is 504 g/mol. The molecule has 0 unspecified atom stereocenters. The number of rotatable bonds is 6. The highest BCUT2D eigenvalue weighted by molar-refractivity contribution is 7.17. The van der Waals surface area contributed by atoms with Crippen LogP contribution in [0.1, 0.15) is 35.0 Å². The summed E-state index contributed by atoms with van der Waals surface area (Å²) in [5.41, 5.74) is 1.72. The summed E-state index contributed by atoms with van der Waals surface area (Å²) in [6.45, 7) is 5.12. The Morgan fingerprint density at radius 3 is 2.92 bits per heavy atom. The van der Waals surface area contributed by atoms with Crippen molar-refractivity contribution < 1.29 is 18.7 Å². The molecule has 2 aliphatic rings. The van der Waals surface area contributed by atoms with Gasteiger partial charge in [0.05, 0.1) is 28.6 Å². The van der Waals surface area contributed by atoms with Gasteiger partial charge in [-0.1, -0.05) is 12.6 Å². The van der Waals surface area contributed by atoms with E-state index in [0.717, 1.165) is 42.7 Å². The summed E-state index contributed by atoms with van der Waals surface area (Å²) in [5.74, 6) is 1.52. The first kappa shape index (κ1) is 22.5. The number of methoxy groups -OCH3 is 1. The van der Waals surface area contributed by atoms with Crippen molar-refractivity contribution in [3.05, 3.63) is 60.5 Å². The van der Waals surface area contributed by atoms with Crippen molar-refractivity contribution in [3.63, 3.8) is 0 Å². The Kier molecular flexibility index (Phi) is 5.40. The van der Waals surface area contributed by atoms with Crippen LogP contribution in [0, 0.1) is 5.41 Å². The third-order valence-corrected chi connectivity index (χ3v) is 8.36. The summed E-state index contributed by atoms with van der Waals surface area (Å²) in [4.78, 5) is 37.3. The largest absolute Gasteiger partial charge is 0.494 e. The van der Waals surface area contributed by atoms with Crippen LogP contribution in [0.15, 0.2) is 60.0 Å². The summed E-state index contributed by atoms with van der Waals surface area (Å²) < 4.78 is 13.0. The van der Waals surface area contributed by atoms with Gasteiger partial charge in [0.2, 0.25) is 11.9 Å². The number of likely N-dealkylation sites (tertiary alicyclic amines) is 1. The lowest BCUT2D eigenvalue weighted by Gasteiger charge is -2.46. The minimum absolute atomic E-state index is 0.0123. The van der Waals surface area contributed by atoms with E-state index in [-0.39, 0.29) is 23.3 Å². The number of oxazole rings is 1. The molecule has 1 N–H and O–H groups in total. The highest BCUT2D eigenvalue weighted by Crippen LogP contribution is 2.55. The van der Waals surface area contributed by atoms with Gasteiger partial charge in [-0.2, -0.15) is 0 Å². The molecular weight excluding hydrogens is 478 g/mol.